The zero-order valence-corrected chi connectivity index (χ0v) is 12.2. The van der Waals surface area contributed by atoms with Gasteiger partial charge in [0.15, 0.2) is 5.12 Å². The van der Waals surface area contributed by atoms with E-state index in [1.54, 1.807) is 4.90 Å². The summed E-state index contributed by atoms with van der Waals surface area (Å²) < 4.78 is 5.04. The third-order valence-corrected chi connectivity index (χ3v) is 3.90. The Balaban J connectivity index is 2.64. The quantitative estimate of drug-likeness (QED) is 0.326. The van der Waals surface area contributed by atoms with E-state index < -0.39 is 6.09 Å². The molecular weight excluding hydrogens is 280 g/mol. The fraction of sp³-hybridized carbons (Fsp3) is 0.667. The highest BCUT2D eigenvalue weighted by Gasteiger charge is 2.36. The molecule has 0 N–H and O–H groups in total. The minimum atomic E-state index is -0.414. The van der Waals surface area contributed by atoms with Crippen molar-refractivity contribution in [3.05, 3.63) is 23.1 Å². The number of azide groups is 1. The molecule has 0 spiro atoms. The number of rotatable bonds is 6. The highest BCUT2D eigenvalue weighted by molar-refractivity contribution is 8.14. The number of ether oxygens (including phenoxy) is 1. The van der Waals surface area contributed by atoms with Gasteiger partial charge in [0.05, 0.1) is 0 Å². The summed E-state index contributed by atoms with van der Waals surface area (Å²) in [5.74, 6) is 0. The number of amides is 1. The molecule has 1 fully saturated rings. The average Bonchev–Trinajstić information content (AvgIpc) is 2.78. The molecule has 0 aromatic rings. The largest absolute Gasteiger partial charge is 0.445 e. The van der Waals surface area contributed by atoms with Crippen LogP contribution in [0.1, 0.15) is 19.8 Å². The molecule has 0 aromatic heterocycles. The summed E-state index contributed by atoms with van der Waals surface area (Å²) in [7, 11) is 0. The lowest BCUT2D eigenvalue weighted by Gasteiger charge is -2.23. The number of thioether (sulfide) groups is 1. The maximum atomic E-state index is 11.9. The van der Waals surface area contributed by atoms with Crippen molar-refractivity contribution in [2.24, 2.45) is 5.11 Å². The smallest absolute Gasteiger partial charge is 0.410 e. The van der Waals surface area contributed by atoms with Crippen molar-refractivity contribution in [2.75, 3.05) is 19.7 Å². The molecule has 20 heavy (non-hydrogen) atoms. The van der Waals surface area contributed by atoms with Gasteiger partial charge in [0, 0.05) is 36.2 Å². The first-order valence-corrected chi connectivity index (χ1v) is 7.18. The predicted octanol–water partition coefficient (Wildman–Crippen LogP) is 2.73. The Morgan fingerprint density at radius 3 is 3.00 bits per heavy atom. The van der Waals surface area contributed by atoms with Gasteiger partial charge in [-0.05, 0) is 18.4 Å². The molecule has 0 radical (unpaired) electrons. The Bertz CT molecular complexity index is 423. The second-order valence-electron chi connectivity index (χ2n) is 4.38. The summed E-state index contributed by atoms with van der Waals surface area (Å²) in [4.78, 5) is 27.4. The first-order valence-electron chi connectivity index (χ1n) is 6.30. The maximum absolute atomic E-state index is 11.9. The third-order valence-electron chi connectivity index (χ3n) is 2.89. The Kier molecular flexibility index (Phi) is 6.97. The summed E-state index contributed by atoms with van der Waals surface area (Å²) in [6, 6.07) is -0.0605. The molecule has 1 saturated heterocycles. The lowest BCUT2D eigenvalue weighted by molar-refractivity contribution is -0.109. The van der Waals surface area contributed by atoms with Gasteiger partial charge in [-0.2, -0.15) is 0 Å². The van der Waals surface area contributed by atoms with Crippen LogP contribution in [0.5, 0.6) is 0 Å². The van der Waals surface area contributed by atoms with E-state index >= 15 is 0 Å². The third kappa shape index (κ3) is 5.14. The van der Waals surface area contributed by atoms with E-state index in [1.165, 1.54) is 24.8 Å². The lowest BCUT2D eigenvalue weighted by Crippen LogP contribution is -2.36. The summed E-state index contributed by atoms with van der Waals surface area (Å²) in [5.41, 5.74) is 8.30. The molecule has 1 amide bonds. The molecule has 0 aliphatic carbocycles. The van der Waals surface area contributed by atoms with E-state index in [2.05, 4.69) is 16.6 Å². The number of carbonyl (C=O) groups is 2. The van der Waals surface area contributed by atoms with Crippen molar-refractivity contribution in [2.45, 2.75) is 31.1 Å². The van der Waals surface area contributed by atoms with Gasteiger partial charge in [0.2, 0.25) is 0 Å². The monoisotopic (exact) mass is 298 g/mol. The van der Waals surface area contributed by atoms with Crippen LogP contribution >= 0.6 is 11.8 Å². The van der Waals surface area contributed by atoms with Crippen LogP contribution in [-0.4, -0.2) is 47.1 Å². The molecular formula is C12H18N4O3S. The number of hydrogen-bond donors (Lipinski definition) is 0. The first kappa shape index (κ1) is 16.4. The molecule has 7 nitrogen and oxygen atoms in total. The van der Waals surface area contributed by atoms with Gasteiger partial charge < -0.3 is 9.64 Å². The summed E-state index contributed by atoms with van der Waals surface area (Å²) in [6.07, 6.45) is 2.36. The molecule has 2 atom stereocenters. The van der Waals surface area contributed by atoms with Crippen LogP contribution < -0.4 is 0 Å². The minimum Gasteiger partial charge on any atom is -0.445 e. The van der Waals surface area contributed by atoms with Crippen molar-refractivity contribution in [1.29, 1.82) is 0 Å². The number of likely N-dealkylation sites (tertiary alicyclic amines) is 1. The van der Waals surface area contributed by atoms with Crippen molar-refractivity contribution >= 4 is 23.0 Å². The van der Waals surface area contributed by atoms with Gasteiger partial charge >= 0.3 is 6.09 Å². The van der Waals surface area contributed by atoms with Crippen LogP contribution in [0, 0.1) is 0 Å². The van der Waals surface area contributed by atoms with Crippen molar-refractivity contribution in [1.82, 2.24) is 4.90 Å². The Morgan fingerprint density at radius 2 is 2.40 bits per heavy atom. The van der Waals surface area contributed by atoms with Gasteiger partial charge in [-0.25, -0.2) is 4.79 Å². The van der Waals surface area contributed by atoms with Crippen LogP contribution in [0.4, 0.5) is 4.79 Å². The second-order valence-corrected chi connectivity index (χ2v) is 5.86. The molecule has 8 heteroatoms. The predicted molar refractivity (Wildman–Crippen MR) is 77.3 cm³/mol. The highest BCUT2D eigenvalue weighted by Crippen LogP contribution is 2.30. The zero-order chi connectivity index (χ0) is 15.0. The van der Waals surface area contributed by atoms with Crippen LogP contribution in [0.3, 0.4) is 0 Å². The fourth-order valence-corrected chi connectivity index (χ4v) is 3.18. The van der Waals surface area contributed by atoms with Gasteiger partial charge in [-0.1, -0.05) is 29.5 Å². The minimum absolute atomic E-state index is 0.0325. The van der Waals surface area contributed by atoms with Crippen LogP contribution in [0.15, 0.2) is 17.8 Å². The molecule has 0 aromatic carbocycles. The Labute approximate surface area is 122 Å². The van der Waals surface area contributed by atoms with Crippen molar-refractivity contribution in [3.8, 4) is 0 Å². The Hall–Kier alpha value is -1.66. The normalized spacial score (nSPS) is 21.1. The molecule has 0 saturated carbocycles. The van der Waals surface area contributed by atoms with Crippen LogP contribution in [-0.2, 0) is 9.53 Å². The fourth-order valence-electron chi connectivity index (χ4n) is 2.16. The van der Waals surface area contributed by atoms with Crippen LogP contribution in [0.25, 0.3) is 10.4 Å². The van der Waals surface area contributed by atoms with E-state index in [-0.39, 0.29) is 23.0 Å². The molecule has 1 rings (SSSR count). The van der Waals surface area contributed by atoms with Crippen molar-refractivity contribution < 1.29 is 14.3 Å². The molecule has 0 bridgehead atoms. The van der Waals surface area contributed by atoms with Gasteiger partial charge in [-0.3, -0.25) is 4.79 Å². The topological polar surface area (TPSA) is 95.4 Å². The molecule has 0 unspecified atom stereocenters. The van der Waals surface area contributed by atoms with E-state index in [0.29, 0.717) is 25.9 Å². The van der Waals surface area contributed by atoms with Gasteiger partial charge in [-0.15, -0.1) is 0 Å². The second kappa shape index (κ2) is 8.50. The summed E-state index contributed by atoms with van der Waals surface area (Å²) in [6.45, 7) is 5.96. The lowest BCUT2D eigenvalue weighted by atomic mass is 10.1. The highest BCUT2D eigenvalue weighted by atomic mass is 32.2. The van der Waals surface area contributed by atoms with Gasteiger partial charge in [0.1, 0.15) is 6.61 Å². The SMILES string of the molecule is C=CCOC(=O)N1C[C@@H](SC(C)=O)C[C@H]1CCN=[N+]=[N-]. The average molecular weight is 298 g/mol. The molecule has 1 heterocycles. The van der Waals surface area contributed by atoms with E-state index in [0.717, 1.165) is 0 Å². The van der Waals surface area contributed by atoms with E-state index in [9.17, 15) is 9.59 Å². The number of carbonyl (C=O) groups excluding carboxylic acids is 2. The standard InChI is InChI=1S/C12H18N4O3S/c1-3-6-19-12(18)16-8-11(20-9(2)17)7-10(16)4-5-14-15-13/h3,10-11H,1,4-8H2,2H3/t10-,11+/m1/s1. The maximum Gasteiger partial charge on any atom is 0.410 e. The summed E-state index contributed by atoms with van der Waals surface area (Å²) >= 11 is 1.24. The number of nitrogens with zero attached hydrogens (tertiary/aromatic N) is 4. The zero-order valence-electron chi connectivity index (χ0n) is 11.4. The first-order chi connectivity index (χ1) is 9.58. The van der Waals surface area contributed by atoms with Gasteiger partial charge in [0.25, 0.3) is 0 Å². The van der Waals surface area contributed by atoms with Crippen molar-refractivity contribution in [3.63, 3.8) is 0 Å². The molecule has 1 aliphatic rings. The summed E-state index contributed by atoms with van der Waals surface area (Å²) in [5, 5.41) is 3.59. The van der Waals surface area contributed by atoms with E-state index in [4.69, 9.17) is 10.3 Å². The van der Waals surface area contributed by atoms with Crippen LogP contribution in [0.2, 0.25) is 0 Å². The molecule has 110 valence electrons. The molecule has 1 aliphatic heterocycles. The number of hydrogen-bond acceptors (Lipinski definition) is 5. The Morgan fingerprint density at radius 1 is 1.65 bits per heavy atom. The van der Waals surface area contributed by atoms with E-state index in [1.807, 2.05) is 0 Å².